The van der Waals surface area contributed by atoms with E-state index in [0.717, 1.165) is 4.88 Å². The monoisotopic (exact) mass is 368 g/mol. The number of hydrogen-bond donors (Lipinski definition) is 1. The van der Waals surface area contributed by atoms with Crippen molar-refractivity contribution in [3.8, 4) is 5.75 Å². The van der Waals surface area contributed by atoms with Crippen LogP contribution in [0, 0.1) is 0 Å². The van der Waals surface area contributed by atoms with Crippen LogP contribution in [-0.2, 0) is 12.0 Å². The molecule has 0 aliphatic rings. The zero-order chi connectivity index (χ0) is 17.9. The molecule has 5 nitrogen and oxygen atoms in total. The Morgan fingerprint density at radius 1 is 1.42 bits per heavy atom. The van der Waals surface area contributed by atoms with E-state index in [2.05, 4.69) is 25.8 Å². The molecule has 0 saturated heterocycles. The summed E-state index contributed by atoms with van der Waals surface area (Å²) in [6.45, 7) is 6.63. The maximum absolute atomic E-state index is 12.6. The van der Waals surface area contributed by atoms with Gasteiger partial charge in [0.05, 0.1) is 19.3 Å². The molecule has 0 atom stereocenters. The van der Waals surface area contributed by atoms with Gasteiger partial charge in [0.1, 0.15) is 5.75 Å². The number of amides is 1. The normalized spacial score (nSPS) is 12.5. The summed E-state index contributed by atoms with van der Waals surface area (Å²) in [5.74, 6) is -0.00203. The van der Waals surface area contributed by atoms with Crippen LogP contribution in [0.4, 0.5) is 0 Å². The van der Waals surface area contributed by atoms with Gasteiger partial charge in [-0.05, 0) is 23.6 Å². The first-order chi connectivity index (χ1) is 11.3. The number of halogens is 1. The van der Waals surface area contributed by atoms with Crippen molar-refractivity contribution in [2.45, 2.75) is 32.7 Å². The van der Waals surface area contributed by atoms with Crippen LogP contribution in [-0.4, -0.2) is 29.3 Å². The lowest BCUT2D eigenvalue weighted by Crippen LogP contribution is -2.18. The Labute approximate surface area is 150 Å². The second-order valence-corrected chi connectivity index (χ2v) is 7.75. The number of carbonyl (C=O) groups is 1. The summed E-state index contributed by atoms with van der Waals surface area (Å²) in [5.41, 5.74) is 0.248. The Balaban J connectivity index is 2.52. The number of benzene rings is 1. The standard InChI is InChI=1S/C17H21ClN2O3S/c1-17(2,3)14-10-20(7-8-21)16(24-14)19-15(22)12-9-11(18)5-6-13(12)23-4/h5-6,9-10,21H,7-8H2,1-4H3/b19-16-. The van der Waals surface area contributed by atoms with Crippen molar-refractivity contribution in [3.63, 3.8) is 0 Å². The first kappa shape index (κ1) is 18.7. The van der Waals surface area contributed by atoms with Gasteiger partial charge >= 0.3 is 0 Å². The van der Waals surface area contributed by atoms with E-state index in [1.807, 2.05) is 6.20 Å². The molecule has 0 fully saturated rings. The lowest BCUT2D eigenvalue weighted by molar-refractivity contribution is 0.0994. The molecule has 1 heterocycles. The molecule has 0 aliphatic carbocycles. The molecule has 1 aromatic heterocycles. The molecular formula is C17H21ClN2O3S. The molecule has 0 aliphatic heterocycles. The van der Waals surface area contributed by atoms with Crippen molar-refractivity contribution in [1.82, 2.24) is 4.57 Å². The van der Waals surface area contributed by atoms with Crippen molar-refractivity contribution in [3.05, 3.63) is 44.7 Å². The van der Waals surface area contributed by atoms with Crippen LogP contribution in [0.3, 0.4) is 0 Å². The van der Waals surface area contributed by atoms with Crippen LogP contribution in [0.15, 0.2) is 29.4 Å². The third-order valence-corrected chi connectivity index (χ3v) is 5.07. The molecule has 1 aromatic carbocycles. The van der Waals surface area contributed by atoms with E-state index in [9.17, 15) is 9.90 Å². The van der Waals surface area contributed by atoms with Gasteiger partial charge in [0.15, 0.2) is 4.80 Å². The Morgan fingerprint density at radius 3 is 2.71 bits per heavy atom. The summed E-state index contributed by atoms with van der Waals surface area (Å²) in [6, 6.07) is 4.84. The Kier molecular flexibility index (Phi) is 5.85. The van der Waals surface area contributed by atoms with E-state index in [0.29, 0.717) is 27.7 Å². The lowest BCUT2D eigenvalue weighted by atomic mass is 9.95. The molecule has 1 N–H and O–H groups in total. The molecular weight excluding hydrogens is 348 g/mol. The van der Waals surface area contributed by atoms with Gasteiger partial charge in [0.25, 0.3) is 5.91 Å². The molecule has 2 rings (SSSR count). The first-order valence-electron chi connectivity index (χ1n) is 7.50. The maximum atomic E-state index is 12.6. The smallest absolute Gasteiger partial charge is 0.283 e. The molecule has 1 amide bonds. The average Bonchev–Trinajstić information content (AvgIpc) is 2.90. The molecule has 0 saturated carbocycles. The highest BCUT2D eigenvalue weighted by atomic mass is 35.5. The third kappa shape index (κ3) is 4.26. The van der Waals surface area contributed by atoms with E-state index in [1.54, 1.807) is 22.8 Å². The molecule has 7 heteroatoms. The van der Waals surface area contributed by atoms with Gasteiger partial charge < -0.3 is 14.4 Å². The van der Waals surface area contributed by atoms with Crippen molar-refractivity contribution in [1.29, 1.82) is 0 Å². The van der Waals surface area contributed by atoms with E-state index in [1.165, 1.54) is 18.4 Å². The fourth-order valence-corrected chi connectivity index (χ4v) is 3.32. The third-order valence-electron chi connectivity index (χ3n) is 3.39. The van der Waals surface area contributed by atoms with E-state index in [4.69, 9.17) is 16.3 Å². The van der Waals surface area contributed by atoms with Gasteiger partial charge in [-0.2, -0.15) is 4.99 Å². The predicted molar refractivity (Wildman–Crippen MR) is 96.0 cm³/mol. The minimum atomic E-state index is -0.427. The van der Waals surface area contributed by atoms with Crippen LogP contribution in [0.25, 0.3) is 0 Å². The number of nitrogens with zero attached hydrogens (tertiary/aromatic N) is 2. The first-order valence-corrected chi connectivity index (χ1v) is 8.70. The number of hydrogen-bond acceptors (Lipinski definition) is 4. The number of methoxy groups -OCH3 is 1. The summed E-state index contributed by atoms with van der Waals surface area (Å²) in [5, 5.41) is 9.69. The Hall–Kier alpha value is -1.63. The molecule has 0 unspecified atom stereocenters. The molecule has 2 aromatic rings. The number of aliphatic hydroxyl groups is 1. The van der Waals surface area contributed by atoms with Gasteiger partial charge in [0.2, 0.25) is 0 Å². The van der Waals surface area contributed by atoms with Gasteiger partial charge in [-0.25, -0.2) is 0 Å². The number of aromatic nitrogens is 1. The highest BCUT2D eigenvalue weighted by Gasteiger charge is 2.19. The van der Waals surface area contributed by atoms with Crippen LogP contribution in [0.2, 0.25) is 5.02 Å². The van der Waals surface area contributed by atoms with Crippen molar-refractivity contribution >= 4 is 28.8 Å². The van der Waals surface area contributed by atoms with Gasteiger partial charge in [-0.1, -0.05) is 32.4 Å². The second kappa shape index (κ2) is 7.51. The van der Waals surface area contributed by atoms with E-state index >= 15 is 0 Å². The summed E-state index contributed by atoms with van der Waals surface area (Å²) in [6.07, 6.45) is 1.93. The van der Waals surface area contributed by atoms with E-state index < -0.39 is 5.91 Å². The molecule has 0 bridgehead atoms. The molecule has 0 radical (unpaired) electrons. The van der Waals surface area contributed by atoms with Crippen molar-refractivity contribution < 1.29 is 14.6 Å². The SMILES string of the molecule is COc1ccc(Cl)cc1C(=O)/N=c1\sc(C(C)(C)C)cn1CCO. The zero-order valence-electron chi connectivity index (χ0n) is 14.2. The highest BCUT2D eigenvalue weighted by molar-refractivity contribution is 7.09. The number of aliphatic hydroxyl groups excluding tert-OH is 1. The fourth-order valence-electron chi connectivity index (χ4n) is 2.08. The van der Waals surface area contributed by atoms with Gasteiger partial charge in [0, 0.05) is 22.6 Å². The van der Waals surface area contributed by atoms with Crippen LogP contribution < -0.4 is 9.54 Å². The molecule has 130 valence electrons. The van der Waals surface area contributed by atoms with Crippen LogP contribution in [0.1, 0.15) is 36.0 Å². The molecule has 24 heavy (non-hydrogen) atoms. The number of rotatable bonds is 4. The summed E-state index contributed by atoms with van der Waals surface area (Å²) in [4.78, 5) is 18.4. The van der Waals surface area contributed by atoms with Gasteiger partial charge in [-0.15, -0.1) is 11.3 Å². The predicted octanol–water partition coefficient (Wildman–Crippen LogP) is 3.24. The number of thiazole rings is 1. The van der Waals surface area contributed by atoms with Crippen molar-refractivity contribution in [2.24, 2.45) is 4.99 Å². The van der Waals surface area contributed by atoms with E-state index in [-0.39, 0.29) is 12.0 Å². The summed E-state index contributed by atoms with van der Waals surface area (Å²) in [7, 11) is 1.49. The lowest BCUT2D eigenvalue weighted by Gasteiger charge is -2.14. The quantitative estimate of drug-likeness (QED) is 0.901. The average molecular weight is 369 g/mol. The zero-order valence-corrected chi connectivity index (χ0v) is 15.7. The van der Waals surface area contributed by atoms with Gasteiger partial charge in [-0.3, -0.25) is 4.79 Å². The minimum absolute atomic E-state index is 0.0256. The minimum Gasteiger partial charge on any atom is -0.496 e. The maximum Gasteiger partial charge on any atom is 0.283 e. The van der Waals surface area contributed by atoms with Crippen LogP contribution in [0.5, 0.6) is 5.75 Å². The Bertz CT molecular complexity index is 803. The number of ether oxygens (including phenoxy) is 1. The largest absolute Gasteiger partial charge is 0.496 e. The van der Waals surface area contributed by atoms with Crippen molar-refractivity contribution in [2.75, 3.05) is 13.7 Å². The summed E-state index contributed by atoms with van der Waals surface area (Å²) >= 11 is 7.42. The number of carbonyl (C=O) groups excluding carboxylic acids is 1. The molecule has 0 spiro atoms. The topological polar surface area (TPSA) is 63.8 Å². The highest BCUT2D eigenvalue weighted by Crippen LogP contribution is 2.25. The summed E-state index contributed by atoms with van der Waals surface area (Å²) < 4.78 is 7.01. The Morgan fingerprint density at radius 2 is 2.12 bits per heavy atom. The van der Waals surface area contributed by atoms with Crippen LogP contribution >= 0.6 is 22.9 Å². The fraction of sp³-hybridized carbons (Fsp3) is 0.412. The second-order valence-electron chi connectivity index (χ2n) is 6.31.